The summed E-state index contributed by atoms with van der Waals surface area (Å²) < 4.78 is 39.3. The monoisotopic (exact) mass is 444 g/mol. The summed E-state index contributed by atoms with van der Waals surface area (Å²) in [5.74, 6) is -1.04. The molecule has 0 saturated carbocycles. The lowest BCUT2D eigenvalue weighted by molar-refractivity contribution is -0.122. The third-order valence-corrected chi connectivity index (χ3v) is 4.87. The summed E-state index contributed by atoms with van der Waals surface area (Å²) in [6, 6.07) is 6.35. The lowest BCUT2D eigenvalue weighted by Gasteiger charge is -2.12. The van der Waals surface area contributed by atoms with E-state index in [-0.39, 0.29) is 24.0 Å². The van der Waals surface area contributed by atoms with Crippen molar-refractivity contribution in [2.24, 2.45) is 0 Å². The molecule has 3 aromatic rings. The average molecular weight is 444 g/mol. The minimum absolute atomic E-state index is 0.0565. The second kappa shape index (κ2) is 8.68. The molecule has 0 unspecified atom stereocenters. The summed E-state index contributed by atoms with van der Waals surface area (Å²) in [5.41, 5.74) is 1.14. The highest BCUT2D eigenvalue weighted by molar-refractivity contribution is 7.80. The molecule has 31 heavy (non-hydrogen) atoms. The molecule has 0 bridgehead atoms. The van der Waals surface area contributed by atoms with Gasteiger partial charge in [-0.25, -0.2) is 8.78 Å². The maximum Gasteiger partial charge on any atom is 0.276 e. The van der Waals surface area contributed by atoms with Crippen molar-refractivity contribution in [1.82, 2.24) is 20.0 Å². The summed E-state index contributed by atoms with van der Waals surface area (Å²) in [6.45, 7) is 2.96. The molecule has 1 saturated heterocycles. The Morgan fingerprint density at radius 3 is 2.87 bits per heavy atom. The first-order chi connectivity index (χ1) is 14.9. The number of carbonyl (C=O) groups excluding carboxylic acids is 1. The number of hydrogen-bond acceptors (Lipinski definition) is 5. The van der Waals surface area contributed by atoms with E-state index in [4.69, 9.17) is 21.4 Å². The van der Waals surface area contributed by atoms with Gasteiger partial charge in [-0.05, 0) is 43.4 Å². The maximum absolute atomic E-state index is 13.7. The SMILES string of the molecule is CCn1cc(CN2C(=O)/C(=C\c3ccc(COc4ccc(F)cc4F)o3)NC2=S)cn1. The predicted molar refractivity (Wildman–Crippen MR) is 112 cm³/mol. The van der Waals surface area contributed by atoms with Crippen LogP contribution in [-0.4, -0.2) is 25.7 Å². The molecule has 1 amide bonds. The summed E-state index contributed by atoms with van der Waals surface area (Å²) in [6.07, 6.45) is 5.09. The molecule has 1 fully saturated rings. The van der Waals surface area contributed by atoms with E-state index in [9.17, 15) is 13.6 Å². The Morgan fingerprint density at radius 1 is 1.29 bits per heavy atom. The Kier molecular flexibility index (Phi) is 5.81. The van der Waals surface area contributed by atoms with Gasteiger partial charge >= 0.3 is 0 Å². The summed E-state index contributed by atoms with van der Waals surface area (Å²) >= 11 is 5.28. The zero-order valence-corrected chi connectivity index (χ0v) is 17.3. The van der Waals surface area contributed by atoms with Gasteiger partial charge in [0.1, 0.15) is 29.6 Å². The normalized spacial score (nSPS) is 15.1. The molecule has 0 radical (unpaired) electrons. The van der Waals surface area contributed by atoms with Crippen LogP contribution in [0.25, 0.3) is 6.08 Å². The molecular formula is C21H18F2N4O3S. The molecular weight excluding hydrogens is 426 g/mol. The van der Waals surface area contributed by atoms with Crippen molar-refractivity contribution in [2.75, 3.05) is 0 Å². The molecule has 2 aromatic heterocycles. The zero-order chi connectivity index (χ0) is 22.0. The van der Waals surface area contributed by atoms with Gasteiger partial charge < -0.3 is 14.5 Å². The van der Waals surface area contributed by atoms with Crippen molar-refractivity contribution in [2.45, 2.75) is 26.6 Å². The highest BCUT2D eigenvalue weighted by Crippen LogP contribution is 2.21. The molecule has 0 atom stereocenters. The second-order valence-electron chi connectivity index (χ2n) is 6.75. The van der Waals surface area contributed by atoms with Gasteiger partial charge in [-0.2, -0.15) is 5.10 Å². The standard InChI is InChI=1S/C21H18F2N4O3S/c1-2-26-10-13(9-24-26)11-27-20(28)18(25-21(27)31)8-15-4-5-16(30-15)12-29-19-6-3-14(22)7-17(19)23/h3-10H,2,11-12H2,1H3,(H,25,31)/b18-8+. The van der Waals surface area contributed by atoms with Crippen LogP contribution in [0.15, 0.2) is 52.8 Å². The molecule has 10 heteroatoms. The van der Waals surface area contributed by atoms with Gasteiger partial charge in [0.15, 0.2) is 16.7 Å². The number of amides is 1. The van der Waals surface area contributed by atoms with Crippen LogP contribution in [0.5, 0.6) is 5.75 Å². The molecule has 1 aromatic carbocycles. The van der Waals surface area contributed by atoms with Crippen molar-refractivity contribution >= 4 is 29.3 Å². The number of aromatic nitrogens is 2. The average Bonchev–Trinajstić information content (AvgIpc) is 3.44. The van der Waals surface area contributed by atoms with Gasteiger partial charge in [-0.15, -0.1) is 0 Å². The fourth-order valence-corrected chi connectivity index (χ4v) is 3.25. The van der Waals surface area contributed by atoms with E-state index in [0.29, 0.717) is 23.2 Å². The fraction of sp³-hybridized carbons (Fsp3) is 0.190. The molecule has 7 nitrogen and oxygen atoms in total. The Balaban J connectivity index is 1.41. The van der Waals surface area contributed by atoms with Crippen LogP contribution in [0.1, 0.15) is 24.0 Å². The number of rotatable bonds is 7. The first-order valence-corrected chi connectivity index (χ1v) is 9.86. The number of nitrogens with one attached hydrogen (secondary N) is 1. The van der Waals surface area contributed by atoms with Crippen molar-refractivity contribution < 1.29 is 22.7 Å². The van der Waals surface area contributed by atoms with Gasteiger partial charge in [-0.1, -0.05) is 0 Å². The van der Waals surface area contributed by atoms with Crippen LogP contribution in [0.4, 0.5) is 8.78 Å². The third kappa shape index (κ3) is 4.64. The number of benzene rings is 1. The molecule has 1 aliphatic heterocycles. The lowest BCUT2D eigenvalue weighted by Crippen LogP contribution is -2.29. The number of furan rings is 1. The van der Waals surface area contributed by atoms with Crippen molar-refractivity contribution in [3.05, 3.63) is 77.1 Å². The van der Waals surface area contributed by atoms with Gasteiger partial charge in [0.05, 0.1) is 12.7 Å². The van der Waals surface area contributed by atoms with Gasteiger partial charge in [-0.3, -0.25) is 14.4 Å². The molecule has 0 spiro atoms. The van der Waals surface area contributed by atoms with Crippen molar-refractivity contribution in [3.63, 3.8) is 0 Å². The van der Waals surface area contributed by atoms with Crippen LogP contribution >= 0.6 is 12.2 Å². The first-order valence-electron chi connectivity index (χ1n) is 9.45. The van der Waals surface area contributed by atoms with Crippen molar-refractivity contribution in [1.29, 1.82) is 0 Å². The summed E-state index contributed by atoms with van der Waals surface area (Å²) in [4.78, 5) is 14.2. The molecule has 160 valence electrons. The summed E-state index contributed by atoms with van der Waals surface area (Å²) in [7, 11) is 0. The summed E-state index contributed by atoms with van der Waals surface area (Å²) in [5, 5.41) is 7.38. The Labute approximate surface area is 181 Å². The molecule has 0 aliphatic carbocycles. The van der Waals surface area contributed by atoms with Crippen LogP contribution < -0.4 is 10.1 Å². The zero-order valence-electron chi connectivity index (χ0n) is 16.5. The topological polar surface area (TPSA) is 72.5 Å². The van der Waals surface area contributed by atoms with E-state index in [0.717, 1.165) is 24.2 Å². The lowest BCUT2D eigenvalue weighted by atomic mass is 10.3. The van der Waals surface area contributed by atoms with E-state index in [1.807, 2.05) is 13.1 Å². The predicted octanol–water partition coefficient (Wildman–Crippen LogP) is 3.61. The van der Waals surface area contributed by atoms with Gasteiger partial charge in [0.2, 0.25) is 0 Å². The van der Waals surface area contributed by atoms with Gasteiger partial charge in [0.25, 0.3) is 5.91 Å². The molecule has 1 aliphatic rings. The largest absolute Gasteiger partial charge is 0.483 e. The fourth-order valence-electron chi connectivity index (χ4n) is 2.99. The van der Waals surface area contributed by atoms with Crippen LogP contribution in [0.3, 0.4) is 0 Å². The highest BCUT2D eigenvalue weighted by atomic mass is 32.1. The third-order valence-electron chi connectivity index (χ3n) is 4.55. The van der Waals surface area contributed by atoms with Crippen LogP contribution in [-0.2, 0) is 24.5 Å². The Morgan fingerprint density at radius 2 is 2.13 bits per heavy atom. The number of halogens is 2. The van der Waals surface area contributed by atoms with E-state index < -0.39 is 11.6 Å². The second-order valence-corrected chi connectivity index (χ2v) is 7.14. The number of carbonyl (C=O) groups is 1. The smallest absolute Gasteiger partial charge is 0.276 e. The van der Waals surface area contributed by atoms with Crippen LogP contribution in [0, 0.1) is 11.6 Å². The first kappa shape index (κ1) is 20.7. The van der Waals surface area contributed by atoms with E-state index in [2.05, 4.69) is 10.4 Å². The maximum atomic E-state index is 13.7. The highest BCUT2D eigenvalue weighted by Gasteiger charge is 2.31. The minimum Gasteiger partial charge on any atom is -0.483 e. The number of nitrogens with zero attached hydrogens (tertiary/aromatic N) is 3. The van der Waals surface area contributed by atoms with Crippen LogP contribution in [0.2, 0.25) is 0 Å². The van der Waals surface area contributed by atoms with E-state index in [1.165, 1.54) is 17.0 Å². The molecule has 4 rings (SSSR count). The number of aryl methyl sites for hydroxylation is 1. The van der Waals surface area contributed by atoms with Crippen molar-refractivity contribution in [3.8, 4) is 5.75 Å². The van der Waals surface area contributed by atoms with Gasteiger partial charge in [0, 0.05) is 30.4 Å². The number of hydrogen-bond donors (Lipinski definition) is 1. The molecule has 3 heterocycles. The Bertz CT molecular complexity index is 1170. The quantitative estimate of drug-likeness (QED) is 0.443. The van der Waals surface area contributed by atoms with E-state index >= 15 is 0 Å². The minimum atomic E-state index is -0.798. The van der Waals surface area contributed by atoms with E-state index in [1.54, 1.807) is 23.0 Å². The number of ether oxygens (including phenoxy) is 1. The number of thiocarbonyl (C=S) groups is 1. The molecule has 1 N–H and O–H groups in total. The Hall–Kier alpha value is -3.53.